The summed E-state index contributed by atoms with van der Waals surface area (Å²) in [5.74, 6) is 0.0823. The van der Waals surface area contributed by atoms with Crippen LogP contribution < -0.4 is 14.8 Å². The van der Waals surface area contributed by atoms with Crippen molar-refractivity contribution in [3.8, 4) is 11.5 Å². The molecule has 0 saturated carbocycles. The van der Waals surface area contributed by atoms with Crippen LogP contribution in [-0.2, 0) is 17.9 Å². The SMILES string of the molecule is COc1cc(CNCC(=O)O)cc(Cl)c1OCc1ccccc1C. The van der Waals surface area contributed by atoms with E-state index >= 15 is 0 Å². The molecular weight excluding hydrogens is 330 g/mol. The molecule has 24 heavy (non-hydrogen) atoms. The zero-order valence-electron chi connectivity index (χ0n) is 13.6. The normalized spacial score (nSPS) is 10.5. The lowest BCUT2D eigenvalue weighted by Crippen LogP contribution is -2.21. The number of methoxy groups -OCH3 is 1. The number of rotatable bonds is 8. The van der Waals surface area contributed by atoms with E-state index in [1.807, 2.05) is 31.2 Å². The Labute approximate surface area is 146 Å². The second kappa shape index (κ2) is 8.57. The van der Waals surface area contributed by atoms with Gasteiger partial charge in [-0.2, -0.15) is 0 Å². The number of carboxylic acid groups (broad SMARTS) is 1. The molecule has 5 nitrogen and oxygen atoms in total. The van der Waals surface area contributed by atoms with Gasteiger partial charge in [-0.3, -0.25) is 4.79 Å². The van der Waals surface area contributed by atoms with E-state index in [2.05, 4.69) is 5.32 Å². The van der Waals surface area contributed by atoms with E-state index in [9.17, 15) is 4.79 Å². The van der Waals surface area contributed by atoms with Crippen molar-refractivity contribution in [2.24, 2.45) is 0 Å². The summed E-state index contributed by atoms with van der Waals surface area (Å²) in [6.07, 6.45) is 0. The van der Waals surface area contributed by atoms with E-state index < -0.39 is 5.97 Å². The maximum absolute atomic E-state index is 10.5. The molecule has 0 aliphatic rings. The predicted octanol–water partition coefficient (Wildman–Crippen LogP) is 3.41. The van der Waals surface area contributed by atoms with Gasteiger partial charge in [-0.05, 0) is 35.7 Å². The fraction of sp³-hybridized carbons (Fsp3) is 0.278. The summed E-state index contributed by atoms with van der Waals surface area (Å²) in [7, 11) is 1.54. The number of carboxylic acids is 1. The number of ether oxygens (including phenoxy) is 2. The first-order valence-corrected chi connectivity index (χ1v) is 7.85. The summed E-state index contributed by atoms with van der Waals surface area (Å²) in [5, 5.41) is 11.9. The van der Waals surface area contributed by atoms with Crippen molar-refractivity contribution in [2.75, 3.05) is 13.7 Å². The lowest BCUT2D eigenvalue weighted by atomic mass is 10.1. The summed E-state index contributed by atoms with van der Waals surface area (Å²) >= 11 is 6.31. The Morgan fingerprint density at radius 3 is 2.71 bits per heavy atom. The monoisotopic (exact) mass is 349 g/mol. The van der Waals surface area contributed by atoms with Gasteiger partial charge in [0.25, 0.3) is 0 Å². The Kier molecular flexibility index (Phi) is 6.46. The molecule has 128 valence electrons. The predicted molar refractivity (Wildman–Crippen MR) is 92.9 cm³/mol. The second-order valence-corrected chi connectivity index (χ2v) is 5.73. The van der Waals surface area contributed by atoms with Crippen LogP contribution in [0.2, 0.25) is 5.02 Å². The molecule has 0 aromatic heterocycles. The van der Waals surface area contributed by atoms with Gasteiger partial charge in [0.1, 0.15) is 6.61 Å². The minimum absolute atomic E-state index is 0.120. The van der Waals surface area contributed by atoms with Gasteiger partial charge in [0.2, 0.25) is 0 Å². The van der Waals surface area contributed by atoms with Crippen molar-refractivity contribution < 1.29 is 19.4 Å². The summed E-state index contributed by atoms with van der Waals surface area (Å²) in [6, 6.07) is 11.5. The summed E-state index contributed by atoms with van der Waals surface area (Å²) in [5.41, 5.74) is 3.03. The fourth-order valence-corrected chi connectivity index (χ4v) is 2.54. The van der Waals surface area contributed by atoms with Gasteiger partial charge in [0, 0.05) is 6.54 Å². The van der Waals surface area contributed by atoms with Crippen LogP contribution in [-0.4, -0.2) is 24.7 Å². The smallest absolute Gasteiger partial charge is 0.317 e. The van der Waals surface area contributed by atoms with Crippen LogP contribution >= 0.6 is 11.6 Å². The second-order valence-electron chi connectivity index (χ2n) is 5.32. The minimum Gasteiger partial charge on any atom is -0.493 e. The molecule has 0 radical (unpaired) electrons. The first kappa shape index (κ1) is 18.1. The van der Waals surface area contributed by atoms with Gasteiger partial charge in [0.05, 0.1) is 18.7 Å². The Hall–Kier alpha value is -2.24. The van der Waals surface area contributed by atoms with Gasteiger partial charge >= 0.3 is 5.97 Å². The number of nitrogens with one attached hydrogen (secondary N) is 1. The molecule has 2 N–H and O–H groups in total. The van der Waals surface area contributed by atoms with E-state index in [1.54, 1.807) is 19.2 Å². The van der Waals surface area contributed by atoms with Gasteiger partial charge in [0.15, 0.2) is 11.5 Å². The van der Waals surface area contributed by atoms with Crippen LogP contribution in [0.3, 0.4) is 0 Å². The van der Waals surface area contributed by atoms with E-state index in [4.69, 9.17) is 26.2 Å². The first-order chi connectivity index (χ1) is 11.5. The van der Waals surface area contributed by atoms with Gasteiger partial charge in [-0.25, -0.2) is 0 Å². The summed E-state index contributed by atoms with van der Waals surface area (Å²) in [6.45, 7) is 2.67. The van der Waals surface area contributed by atoms with Crippen LogP contribution in [0, 0.1) is 6.92 Å². The van der Waals surface area contributed by atoms with Crippen molar-refractivity contribution in [1.29, 1.82) is 0 Å². The lowest BCUT2D eigenvalue weighted by Gasteiger charge is -2.15. The van der Waals surface area contributed by atoms with Gasteiger partial charge < -0.3 is 19.9 Å². The zero-order valence-corrected chi connectivity index (χ0v) is 14.4. The number of carbonyl (C=O) groups is 1. The Bertz CT molecular complexity index is 718. The molecule has 0 saturated heterocycles. The van der Waals surface area contributed by atoms with Gasteiger partial charge in [-0.15, -0.1) is 0 Å². The molecule has 0 aliphatic carbocycles. The van der Waals surface area contributed by atoms with Crippen molar-refractivity contribution in [3.05, 3.63) is 58.1 Å². The van der Waals surface area contributed by atoms with E-state index in [0.29, 0.717) is 29.7 Å². The molecule has 2 aromatic carbocycles. The van der Waals surface area contributed by atoms with Crippen LogP contribution in [0.25, 0.3) is 0 Å². The molecule has 0 bridgehead atoms. The number of halogens is 1. The highest BCUT2D eigenvalue weighted by atomic mass is 35.5. The molecule has 0 atom stereocenters. The van der Waals surface area contributed by atoms with Crippen LogP contribution in [0.5, 0.6) is 11.5 Å². The molecular formula is C18H20ClNO4. The summed E-state index contributed by atoms with van der Waals surface area (Å²) in [4.78, 5) is 10.5. The number of aryl methyl sites for hydroxylation is 1. The molecule has 0 aliphatic heterocycles. The number of hydrogen-bond donors (Lipinski definition) is 2. The third kappa shape index (κ3) is 4.88. The van der Waals surface area contributed by atoms with Crippen LogP contribution in [0.1, 0.15) is 16.7 Å². The molecule has 0 fully saturated rings. The van der Waals surface area contributed by atoms with Crippen molar-refractivity contribution in [1.82, 2.24) is 5.32 Å². The van der Waals surface area contributed by atoms with Crippen molar-refractivity contribution in [2.45, 2.75) is 20.1 Å². The Balaban J connectivity index is 2.12. The molecule has 2 aromatic rings. The van der Waals surface area contributed by atoms with Gasteiger partial charge in [-0.1, -0.05) is 35.9 Å². The Morgan fingerprint density at radius 2 is 2.04 bits per heavy atom. The third-order valence-electron chi connectivity index (χ3n) is 3.53. The average molecular weight is 350 g/mol. The maximum atomic E-state index is 10.5. The highest BCUT2D eigenvalue weighted by Crippen LogP contribution is 2.37. The van der Waals surface area contributed by atoms with Crippen LogP contribution in [0.4, 0.5) is 0 Å². The lowest BCUT2D eigenvalue weighted by molar-refractivity contribution is -0.135. The number of aliphatic carboxylic acids is 1. The molecule has 0 heterocycles. The van der Waals surface area contributed by atoms with E-state index in [-0.39, 0.29) is 6.54 Å². The standard InChI is InChI=1S/C18H20ClNO4/c1-12-5-3-4-6-14(12)11-24-18-15(19)7-13(8-16(18)23-2)9-20-10-17(21)22/h3-8,20H,9-11H2,1-2H3,(H,21,22). The first-order valence-electron chi connectivity index (χ1n) is 7.47. The fourth-order valence-electron chi connectivity index (χ4n) is 2.25. The van der Waals surface area contributed by atoms with E-state index in [0.717, 1.165) is 16.7 Å². The highest BCUT2D eigenvalue weighted by Gasteiger charge is 2.13. The highest BCUT2D eigenvalue weighted by molar-refractivity contribution is 6.32. The maximum Gasteiger partial charge on any atom is 0.317 e. The van der Waals surface area contributed by atoms with Crippen LogP contribution in [0.15, 0.2) is 36.4 Å². The quantitative estimate of drug-likeness (QED) is 0.764. The molecule has 0 amide bonds. The zero-order chi connectivity index (χ0) is 17.5. The van der Waals surface area contributed by atoms with Crippen molar-refractivity contribution in [3.63, 3.8) is 0 Å². The Morgan fingerprint density at radius 1 is 1.29 bits per heavy atom. The molecule has 2 rings (SSSR count). The van der Waals surface area contributed by atoms with E-state index in [1.165, 1.54) is 0 Å². The topological polar surface area (TPSA) is 67.8 Å². The number of benzene rings is 2. The molecule has 6 heteroatoms. The number of hydrogen-bond acceptors (Lipinski definition) is 4. The third-order valence-corrected chi connectivity index (χ3v) is 3.81. The minimum atomic E-state index is -0.911. The average Bonchev–Trinajstić information content (AvgIpc) is 2.54. The summed E-state index contributed by atoms with van der Waals surface area (Å²) < 4.78 is 11.2. The van der Waals surface area contributed by atoms with Crippen molar-refractivity contribution >= 4 is 17.6 Å². The largest absolute Gasteiger partial charge is 0.493 e. The molecule has 0 spiro atoms. The molecule has 0 unspecified atom stereocenters.